The Morgan fingerprint density at radius 2 is 1.41 bits per heavy atom. The van der Waals surface area contributed by atoms with Gasteiger partial charge < -0.3 is 74.7 Å². The Hall–Kier alpha value is -3.71. The van der Waals surface area contributed by atoms with Gasteiger partial charge in [-0.2, -0.15) is 0 Å². The molecule has 2 aromatic carbocycles. The molecule has 3 heterocycles. The SMILES string of the molecule is COc1cc(-c2[o+]c3cc(O)cc(O)c3cc2O[C@@H]2O[C@H](CO[C@@H]3O[C@H](C)[C@H](O)[C@H](O)[C@H]3O)[C@@H](O)[C@@H](O)[C@H]2O)cc(O)c1O. The number of methoxy groups -OCH3 is 1. The molecule has 10 N–H and O–H groups in total. The van der Waals surface area contributed by atoms with E-state index in [1.807, 2.05) is 0 Å². The lowest BCUT2D eigenvalue weighted by Gasteiger charge is -2.42. The Balaban J connectivity index is 1.47. The molecule has 0 aliphatic carbocycles. The zero-order valence-corrected chi connectivity index (χ0v) is 23.3. The van der Waals surface area contributed by atoms with Crippen molar-refractivity contribution < 1.29 is 79.2 Å². The van der Waals surface area contributed by atoms with Gasteiger partial charge in [0.25, 0.3) is 0 Å². The molecule has 2 saturated heterocycles. The van der Waals surface area contributed by atoms with Crippen molar-refractivity contribution in [2.75, 3.05) is 13.7 Å². The van der Waals surface area contributed by atoms with Gasteiger partial charge in [0.2, 0.25) is 17.8 Å². The second kappa shape index (κ2) is 12.4. The predicted octanol–water partition coefficient (Wildman–Crippen LogP) is -0.758. The highest BCUT2D eigenvalue weighted by molar-refractivity contribution is 5.88. The average molecular weight is 626 g/mol. The summed E-state index contributed by atoms with van der Waals surface area (Å²) in [4.78, 5) is 0. The summed E-state index contributed by atoms with van der Waals surface area (Å²) in [6, 6.07) is 5.88. The Morgan fingerprint density at radius 3 is 2.11 bits per heavy atom. The largest absolute Gasteiger partial charge is 0.507 e. The second-order valence-corrected chi connectivity index (χ2v) is 10.5. The van der Waals surface area contributed by atoms with Gasteiger partial charge in [-0.05, 0) is 6.92 Å². The third-order valence-corrected chi connectivity index (χ3v) is 7.50. The van der Waals surface area contributed by atoms with E-state index in [9.17, 15) is 51.1 Å². The zero-order chi connectivity index (χ0) is 32.0. The highest BCUT2D eigenvalue weighted by Gasteiger charge is 2.48. The lowest BCUT2D eigenvalue weighted by Crippen LogP contribution is -2.61. The highest BCUT2D eigenvalue weighted by Crippen LogP contribution is 2.45. The van der Waals surface area contributed by atoms with Crippen LogP contribution in [0.4, 0.5) is 0 Å². The molecule has 16 heteroatoms. The molecule has 3 aromatic rings. The zero-order valence-electron chi connectivity index (χ0n) is 23.3. The number of hydrogen-bond donors (Lipinski definition) is 10. The fourth-order valence-corrected chi connectivity index (χ4v) is 4.97. The van der Waals surface area contributed by atoms with E-state index in [2.05, 4.69) is 0 Å². The molecule has 2 aliphatic heterocycles. The third kappa shape index (κ3) is 5.86. The van der Waals surface area contributed by atoms with Crippen LogP contribution >= 0.6 is 0 Å². The van der Waals surface area contributed by atoms with Crippen LogP contribution in [0.3, 0.4) is 0 Å². The maximum atomic E-state index is 10.7. The number of ether oxygens (including phenoxy) is 5. The monoisotopic (exact) mass is 625 g/mol. The van der Waals surface area contributed by atoms with Crippen LogP contribution in [-0.4, -0.2) is 126 Å². The standard InChI is InChI=1S/C28H32O16/c1-9-19(32)22(35)24(37)27(41-9)40-8-18-21(34)23(36)25(38)28(44-18)43-17-7-12-13(30)5-11(29)6-15(12)42-26(17)10-3-14(31)20(33)16(4-10)39-2/h3-7,9,18-19,21-25,27-28,32,34-38H,8H2,1-2H3,(H3-,29,30,31,33)/p+1/t9-,18-,19+,21-,22+,23-,24-,25-,27-,28-/m1/s1. The number of aliphatic hydroxyl groups is 6. The Bertz CT molecular complexity index is 1500. The number of fused-ring (bicyclic) bond motifs is 1. The Morgan fingerprint density at radius 1 is 0.727 bits per heavy atom. The number of phenols is 4. The fraction of sp³-hybridized carbons (Fsp3) is 0.464. The minimum atomic E-state index is -1.85. The van der Waals surface area contributed by atoms with Crippen molar-refractivity contribution in [3.8, 4) is 45.8 Å². The molecule has 0 radical (unpaired) electrons. The number of hydrogen-bond acceptors (Lipinski definition) is 15. The molecule has 5 rings (SSSR count). The van der Waals surface area contributed by atoms with Gasteiger partial charge in [-0.3, -0.25) is 0 Å². The first-order chi connectivity index (χ1) is 20.8. The summed E-state index contributed by atoms with van der Waals surface area (Å²) >= 11 is 0. The number of phenolic OH excluding ortho intramolecular Hbond substituents is 4. The van der Waals surface area contributed by atoms with Gasteiger partial charge in [-0.1, -0.05) is 0 Å². The van der Waals surface area contributed by atoms with Crippen molar-refractivity contribution in [1.29, 1.82) is 0 Å². The summed E-state index contributed by atoms with van der Waals surface area (Å²) in [5.74, 6) is -2.45. The number of aromatic hydroxyl groups is 4. The number of aliphatic hydroxyl groups excluding tert-OH is 6. The molecule has 0 spiro atoms. The van der Waals surface area contributed by atoms with E-state index in [0.717, 1.165) is 12.1 Å². The average Bonchev–Trinajstić information content (AvgIpc) is 2.99. The van der Waals surface area contributed by atoms with Crippen molar-refractivity contribution in [2.24, 2.45) is 0 Å². The Kier molecular flexibility index (Phi) is 8.90. The normalized spacial score (nSPS) is 32.5. The van der Waals surface area contributed by atoms with Gasteiger partial charge in [-0.25, -0.2) is 4.42 Å². The summed E-state index contributed by atoms with van der Waals surface area (Å²) in [6.07, 6.45) is -15.5. The van der Waals surface area contributed by atoms with E-state index in [-0.39, 0.29) is 39.5 Å². The minimum absolute atomic E-state index is 0.0317. The maximum absolute atomic E-state index is 10.7. The van der Waals surface area contributed by atoms with Crippen molar-refractivity contribution in [3.63, 3.8) is 0 Å². The first-order valence-electron chi connectivity index (χ1n) is 13.4. The predicted molar refractivity (Wildman–Crippen MR) is 145 cm³/mol. The van der Waals surface area contributed by atoms with Crippen LogP contribution in [-0.2, 0) is 14.2 Å². The molecule has 1 aromatic heterocycles. The maximum Gasteiger partial charge on any atom is 0.402 e. The van der Waals surface area contributed by atoms with Crippen molar-refractivity contribution in [3.05, 3.63) is 30.3 Å². The van der Waals surface area contributed by atoms with Gasteiger partial charge in [0.1, 0.15) is 59.6 Å². The van der Waals surface area contributed by atoms with Crippen LogP contribution in [0.5, 0.6) is 34.5 Å². The molecular formula is C28H33O16+. The molecule has 0 bridgehead atoms. The minimum Gasteiger partial charge on any atom is -0.507 e. The summed E-state index contributed by atoms with van der Waals surface area (Å²) in [7, 11) is 1.24. The van der Waals surface area contributed by atoms with Gasteiger partial charge in [-0.15, -0.1) is 0 Å². The highest BCUT2D eigenvalue weighted by atomic mass is 16.7. The third-order valence-electron chi connectivity index (χ3n) is 7.50. The molecule has 2 aliphatic rings. The molecule has 16 nitrogen and oxygen atoms in total. The summed E-state index contributed by atoms with van der Waals surface area (Å²) in [5, 5.41) is 103. The summed E-state index contributed by atoms with van der Waals surface area (Å²) in [5.41, 5.74) is 0.0387. The van der Waals surface area contributed by atoms with Crippen LogP contribution in [0.2, 0.25) is 0 Å². The van der Waals surface area contributed by atoms with Crippen LogP contribution < -0.4 is 9.47 Å². The van der Waals surface area contributed by atoms with E-state index in [1.54, 1.807) is 0 Å². The number of rotatable bonds is 7. The smallest absolute Gasteiger partial charge is 0.402 e. The number of benzene rings is 2. The van der Waals surface area contributed by atoms with Crippen LogP contribution in [0.1, 0.15) is 6.92 Å². The Labute approximate surface area is 248 Å². The lowest BCUT2D eigenvalue weighted by molar-refractivity contribution is -0.318. The summed E-state index contributed by atoms with van der Waals surface area (Å²) < 4.78 is 33.5. The van der Waals surface area contributed by atoms with Crippen molar-refractivity contribution in [2.45, 2.75) is 68.3 Å². The lowest BCUT2D eigenvalue weighted by atomic mass is 9.98. The van der Waals surface area contributed by atoms with E-state index >= 15 is 0 Å². The molecule has 0 unspecified atom stereocenters. The molecule has 0 saturated carbocycles. The van der Waals surface area contributed by atoms with Crippen molar-refractivity contribution in [1.82, 2.24) is 0 Å². The van der Waals surface area contributed by atoms with Crippen LogP contribution in [0.25, 0.3) is 22.3 Å². The molecular weight excluding hydrogens is 592 g/mol. The van der Waals surface area contributed by atoms with E-state index in [0.29, 0.717) is 0 Å². The first kappa shape index (κ1) is 31.7. The quantitative estimate of drug-likeness (QED) is 0.114. The topological polar surface area (TPSA) is 260 Å². The molecule has 44 heavy (non-hydrogen) atoms. The molecule has 10 atom stereocenters. The fourth-order valence-electron chi connectivity index (χ4n) is 4.97. The molecule has 240 valence electrons. The van der Waals surface area contributed by atoms with Gasteiger partial charge in [0, 0.05) is 24.3 Å². The molecule has 0 amide bonds. The second-order valence-electron chi connectivity index (χ2n) is 10.5. The van der Waals surface area contributed by atoms with Crippen molar-refractivity contribution >= 4 is 11.0 Å². The van der Waals surface area contributed by atoms with E-state index in [4.69, 9.17) is 28.1 Å². The van der Waals surface area contributed by atoms with Gasteiger partial charge in [0.05, 0.1) is 31.5 Å². The molecule has 2 fully saturated rings. The summed E-state index contributed by atoms with van der Waals surface area (Å²) in [6.45, 7) is 0.904. The van der Waals surface area contributed by atoms with Crippen LogP contribution in [0, 0.1) is 0 Å². The van der Waals surface area contributed by atoms with Crippen LogP contribution in [0.15, 0.2) is 34.7 Å². The van der Waals surface area contributed by atoms with E-state index < -0.39 is 85.3 Å². The first-order valence-corrected chi connectivity index (χ1v) is 13.4. The van der Waals surface area contributed by atoms with Gasteiger partial charge in [0.15, 0.2) is 17.8 Å². The van der Waals surface area contributed by atoms with E-state index in [1.165, 1.54) is 32.2 Å². The van der Waals surface area contributed by atoms with Gasteiger partial charge >= 0.3 is 11.3 Å².